The Hall–Kier alpha value is -3.08. The van der Waals surface area contributed by atoms with Crippen LogP contribution in [0, 0.1) is 0 Å². The molecule has 0 aliphatic rings. The van der Waals surface area contributed by atoms with Crippen LogP contribution in [0.25, 0.3) is 22.3 Å². The van der Waals surface area contributed by atoms with Gasteiger partial charge in [0.25, 0.3) is 5.56 Å². The first-order valence-corrected chi connectivity index (χ1v) is 11.6. The van der Waals surface area contributed by atoms with E-state index in [1.54, 1.807) is 37.1 Å². The van der Waals surface area contributed by atoms with Gasteiger partial charge in [0.1, 0.15) is 0 Å². The minimum absolute atomic E-state index is 0.212. The number of rotatable bonds is 14. The molecular weight excluding hydrogens is 436 g/mol. The molecule has 0 fully saturated rings. The molecule has 0 aliphatic carbocycles. The topological polar surface area (TPSA) is 123 Å². The minimum Gasteiger partial charge on any atom is -0.481 e. The summed E-state index contributed by atoms with van der Waals surface area (Å²) in [4.78, 5) is 26.6. The fourth-order valence-corrected chi connectivity index (χ4v) is 3.42. The van der Waals surface area contributed by atoms with Crippen molar-refractivity contribution in [2.75, 3.05) is 45.3 Å². The van der Waals surface area contributed by atoms with Crippen molar-refractivity contribution in [3.05, 3.63) is 40.9 Å². The maximum atomic E-state index is 13.3. The molecule has 3 aromatic heterocycles. The van der Waals surface area contributed by atoms with Gasteiger partial charge >= 0.3 is 0 Å². The summed E-state index contributed by atoms with van der Waals surface area (Å²) in [7, 11) is 1.57. The van der Waals surface area contributed by atoms with Crippen LogP contribution in [-0.2, 0) is 11.3 Å². The summed E-state index contributed by atoms with van der Waals surface area (Å²) < 4.78 is 12.4. The third kappa shape index (κ3) is 6.96. The van der Waals surface area contributed by atoms with Crippen LogP contribution >= 0.6 is 0 Å². The van der Waals surface area contributed by atoms with E-state index < -0.39 is 0 Å². The van der Waals surface area contributed by atoms with Crippen molar-refractivity contribution in [3.8, 4) is 17.0 Å². The number of pyridine rings is 2. The molecule has 1 atom stereocenters. The normalized spacial score (nSPS) is 12.1. The lowest BCUT2D eigenvalue weighted by Crippen LogP contribution is -2.29. The summed E-state index contributed by atoms with van der Waals surface area (Å²) in [6.07, 6.45) is 4.75. The molecule has 3 N–H and O–H groups in total. The number of hydrogen-bond acceptors (Lipinski definition) is 9. The van der Waals surface area contributed by atoms with Gasteiger partial charge in [-0.2, -0.15) is 0 Å². The maximum absolute atomic E-state index is 13.3. The number of aromatic nitrogens is 4. The number of aliphatic hydroxyl groups is 1. The highest BCUT2D eigenvalue weighted by molar-refractivity contribution is 5.78. The number of methoxy groups -OCH3 is 1. The SMILES string of the molecule is CCCOCCn1c(=O)c(NCCCNC[C@H](C)O)nc2ncc(-c3ccc(OC)nc3)cc21. The zero-order valence-electron chi connectivity index (χ0n) is 20.1. The van der Waals surface area contributed by atoms with Gasteiger partial charge in [0.2, 0.25) is 5.88 Å². The van der Waals surface area contributed by atoms with Crippen molar-refractivity contribution in [3.63, 3.8) is 0 Å². The molecule has 0 radical (unpaired) electrons. The molecule has 3 rings (SSSR count). The van der Waals surface area contributed by atoms with Crippen LogP contribution in [0.3, 0.4) is 0 Å². The van der Waals surface area contributed by atoms with Crippen LogP contribution in [0.5, 0.6) is 5.88 Å². The number of nitrogens with one attached hydrogen (secondary N) is 2. The Kier molecular flexibility index (Phi) is 9.75. The first-order chi connectivity index (χ1) is 16.5. The maximum Gasteiger partial charge on any atom is 0.293 e. The van der Waals surface area contributed by atoms with Crippen molar-refractivity contribution in [1.29, 1.82) is 0 Å². The van der Waals surface area contributed by atoms with E-state index in [1.165, 1.54) is 0 Å². The highest BCUT2D eigenvalue weighted by Gasteiger charge is 2.13. The van der Waals surface area contributed by atoms with E-state index in [0.717, 1.165) is 30.5 Å². The van der Waals surface area contributed by atoms with E-state index in [-0.39, 0.29) is 17.5 Å². The lowest BCUT2D eigenvalue weighted by atomic mass is 10.1. The molecule has 3 aromatic rings. The van der Waals surface area contributed by atoms with Crippen molar-refractivity contribution in [2.45, 2.75) is 39.3 Å². The summed E-state index contributed by atoms with van der Waals surface area (Å²) in [6.45, 7) is 7.08. The predicted molar refractivity (Wildman–Crippen MR) is 132 cm³/mol. The molecule has 0 aromatic carbocycles. The Morgan fingerprint density at radius 2 is 1.97 bits per heavy atom. The lowest BCUT2D eigenvalue weighted by molar-refractivity contribution is 0.127. The molecule has 0 saturated carbocycles. The van der Waals surface area contributed by atoms with Gasteiger partial charge in [-0.1, -0.05) is 6.92 Å². The highest BCUT2D eigenvalue weighted by atomic mass is 16.5. The quantitative estimate of drug-likeness (QED) is 0.304. The lowest BCUT2D eigenvalue weighted by Gasteiger charge is -2.14. The molecule has 0 aliphatic heterocycles. The van der Waals surface area contributed by atoms with Crippen LogP contribution in [0.2, 0.25) is 0 Å². The van der Waals surface area contributed by atoms with Crippen molar-refractivity contribution in [2.24, 2.45) is 0 Å². The average Bonchev–Trinajstić information content (AvgIpc) is 2.85. The largest absolute Gasteiger partial charge is 0.481 e. The van der Waals surface area contributed by atoms with Crippen molar-refractivity contribution >= 4 is 17.0 Å². The summed E-state index contributed by atoms with van der Waals surface area (Å²) in [5, 5.41) is 15.6. The van der Waals surface area contributed by atoms with Gasteiger partial charge in [-0.25, -0.2) is 15.0 Å². The summed E-state index contributed by atoms with van der Waals surface area (Å²) in [6, 6.07) is 5.59. The zero-order valence-corrected chi connectivity index (χ0v) is 20.1. The number of fused-ring (bicyclic) bond motifs is 1. The van der Waals surface area contributed by atoms with Crippen LogP contribution in [0.4, 0.5) is 5.82 Å². The van der Waals surface area contributed by atoms with Crippen LogP contribution < -0.4 is 20.9 Å². The summed E-state index contributed by atoms with van der Waals surface area (Å²) in [5.41, 5.74) is 2.61. The van der Waals surface area contributed by atoms with Gasteiger partial charge in [0.15, 0.2) is 11.5 Å². The van der Waals surface area contributed by atoms with E-state index in [4.69, 9.17) is 9.47 Å². The Balaban J connectivity index is 1.85. The molecule has 10 nitrogen and oxygen atoms in total. The van der Waals surface area contributed by atoms with Gasteiger partial charge < -0.3 is 25.2 Å². The Labute approximate surface area is 199 Å². The van der Waals surface area contributed by atoms with Crippen molar-refractivity contribution < 1.29 is 14.6 Å². The molecule has 34 heavy (non-hydrogen) atoms. The van der Waals surface area contributed by atoms with E-state index in [2.05, 4.69) is 25.6 Å². The third-order valence-electron chi connectivity index (χ3n) is 5.15. The Morgan fingerprint density at radius 1 is 1.15 bits per heavy atom. The van der Waals surface area contributed by atoms with Gasteiger partial charge in [-0.3, -0.25) is 9.36 Å². The number of nitrogens with zero attached hydrogens (tertiary/aromatic N) is 4. The molecule has 0 spiro atoms. The smallest absolute Gasteiger partial charge is 0.293 e. The summed E-state index contributed by atoms with van der Waals surface area (Å²) >= 11 is 0. The standard InChI is InChI=1S/C24H34N6O4/c1-4-11-34-12-10-30-20-13-19(18-6-7-21(33-3)27-15-18)16-28-22(20)29-23(24(30)32)26-9-5-8-25-14-17(2)31/h6-7,13,15-17,25,31H,4-5,8-12,14H2,1-3H3,(H,26,28,29)/t17-/m0/s1. The van der Waals surface area contributed by atoms with Crippen LogP contribution in [-0.4, -0.2) is 70.7 Å². The van der Waals surface area contributed by atoms with Crippen LogP contribution in [0.1, 0.15) is 26.7 Å². The number of hydrogen-bond donors (Lipinski definition) is 3. The van der Waals surface area contributed by atoms with E-state index in [0.29, 0.717) is 49.9 Å². The molecule has 10 heteroatoms. The number of anilines is 1. The zero-order chi connectivity index (χ0) is 24.3. The fourth-order valence-electron chi connectivity index (χ4n) is 3.42. The molecule has 0 unspecified atom stereocenters. The highest BCUT2D eigenvalue weighted by Crippen LogP contribution is 2.23. The third-order valence-corrected chi connectivity index (χ3v) is 5.15. The molecule has 0 saturated heterocycles. The van der Waals surface area contributed by atoms with E-state index in [9.17, 15) is 9.90 Å². The Morgan fingerprint density at radius 3 is 2.68 bits per heavy atom. The summed E-state index contributed by atoms with van der Waals surface area (Å²) in [5.74, 6) is 0.797. The van der Waals surface area contributed by atoms with E-state index in [1.807, 2.05) is 19.1 Å². The monoisotopic (exact) mass is 470 g/mol. The average molecular weight is 471 g/mol. The number of ether oxygens (including phenoxy) is 2. The van der Waals surface area contributed by atoms with Gasteiger partial charge in [0.05, 0.1) is 25.3 Å². The fraction of sp³-hybridized carbons (Fsp3) is 0.500. The van der Waals surface area contributed by atoms with E-state index >= 15 is 0 Å². The first-order valence-electron chi connectivity index (χ1n) is 11.6. The molecular formula is C24H34N6O4. The first kappa shape index (κ1) is 25.5. The van der Waals surface area contributed by atoms with Crippen LogP contribution in [0.15, 0.2) is 35.4 Å². The predicted octanol–water partition coefficient (Wildman–Crippen LogP) is 2.06. The Bertz CT molecular complexity index is 1100. The molecule has 184 valence electrons. The number of aliphatic hydroxyl groups excluding tert-OH is 1. The second-order valence-electron chi connectivity index (χ2n) is 8.02. The van der Waals surface area contributed by atoms with Gasteiger partial charge in [-0.15, -0.1) is 0 Å². The van der Waals surface area contributed by atoms with Gasteiger partial charge in [-0.05, 0) is 38.4 Å². The molecule has 0 amide bonds. The second kappa shape index (κ2) is 13.0. The van der Waals surface area contributed by atoms with Crippen molar-refractivity contribution in [1.82, 2.24) is 24.8 Å². The molecule has 0 bridgehead atoms. The molecule has 3 heterocycles. The second-order valence-corrected chi connectivity index (χ2v) is 8.02. The minimum atomic E-state index is -0.387. The van der Waals surface area contributed by atoms with Gasteiger partial charge in [0, 0.05) is 55.8 Å².